The Kier molecular flexibility index (Phi) is 4.14. The zero-order chi connectivity index (χ0) is 15.6. The standard InChI is InChI=1S/C16H22N4O/c1-10-8-12(16(3,4)5)6-7-13(10)21-15-11(2)14(20-17)18-9-19-15/h6-9H,17H2,1-5H3,(H,18,19,20). The van der Waals surface area contributed by atoms with Gasteiger partial charge in [-0.05, 0) is 36.5 Å². The summed E-state index contributed by atoms with van der Waals surface area (Å²) in [6.45, 7) is 10.5. The Morgan fingerprint density at radius 1 is 1.14 bits per heavy atom. The van der Waals surface area contributed by atoms with E-state index in [1.54, 1.807) is 0 Å². The van der Waals surface area contributed by atoms with Gasteiger partial charge in [0.1, 0.15) is 17.9 Å². The lowest BCUT2D eigenvalue weighted by atomic mass is 9.86. The van der Waals surface area contributed by atoms with Gasteiger partial charge >= 0.3 is 0 Å². The zero-order valence-corrected chi connectivity index (χ0v) is 13.2. The molecule has 2 aromatic rings. The zero-order valence-electron chi connectivity index (χ0n) is 13.2. The Labute approximate surface area is 125 Å². The smallest absolute Gasteiger partial charge is 0.227 e. The Bertz CT molecular complexity index is 647. The first kappa shape index (κ1) is 15.3. The van der Waals surface area contributed by atoms with Crippen molar-refractivity contribution in [3.05, 3.63) is 41.2 Å². The van der Waals surface area contributed by atoms with Gasteiger partial charge in [-0.1, -0.05) is 32.9 Å². The summed E-state index contributed by atoms with van der Waals surface area (Å²) in [4.78, 5) is 8.21. The number of benzene rings is 1. The van der Waals surface area contributed by atoms with E-state index in [1.807, 2.05) is 19.9 Å². The lowest BCUT2D eigenvalue weighted by molar-refractivity contribution is 0.453. The number of rotatable bonds is 3. The molecule has 5 heteroatoms. The largest absolute Gasteiger partial charge is 0.438 e. The third-order valence-electron chi connectivity index (χ3n) is 3.42. The van der Waals surface area contributed by atoms with E-state index in [2.05, 4.69) is 48.3 Å². The summed E-state index contributed by atoms with van der Waals surface area (Å²) in [6.07, 6.45) is 1.43. The molecular weight excluding hydrogens is 264 g/mol. The maximum Gasteiger partial charge on any atom is 0.227 e. The number of aryl methyl sites for hydroxylation is 1. The van der Waals surface area contributed by atoms with Crippen molar-refractivity contribution in [2.75, 3.05) is 5.43 Å². The van der Waals surface area contributed by atoms with Crippen molar-refractivity contribution in [3.8, 4) is 11.6 Å². The van der Waals surface area contributed by atoms with Crippen molar-refractivity contribution in [3.63, 3.8) is 0 Å². The van der Waals surface area contributed by atoms with E-state index < -0.39 is 0 Å². The van der Waals surface area contributed by atoms with Gasteiger partial charge in [0.25, 0.3) is 0 Å². The Balaban J connectivity index is 2.33. The molecule has 0 aliphatic carbocycles. The van der Waals surface area contributed by atoms with Crippen LogP contribution in [0.25, 0.3) is 0 Å². The first-order valence-electron chi connectivity index (χ1n) is 6.90. The average Bonchev–Trinajstić information content (AvgIpc) is 2.42. The molecule has 3 N–H and O–H groups in total. The van der Waals surface area contributed by atoms with Crippen LogP contribution < -0.4 is 16.0 Å². The van der Waals surface area contributed by atoms with Gasteiger partial charge in [-0.2, -0.15) is 0 Å². The van der Waals surface area contributed by atoms with Crippen molar-refractivity contribution < 1.29 is 4.74 Å². The summed E-state index contributed by atoms with van der Waals surface area (Å²) in [7, 11) is 0. The van der Waals surface area contributed by atoms with Crippen LogP contribution in [0.1, 0.15) is 37.5 Å². The minimum atomic E-state index is 0.116. The second-order valence-electron chi connectivity index (χ2n) is 6.13. The molecule has 0 saturated carbocycles. The molecule has 21 heavy (non-hydrogen) atoms. The summed E-state index contributed by atoms with van der Waals surface area (Å²) < 4.78 is 5.90. The van der Waals surface area contributed by atoms with Gasteiger partial charge in [0.05, 0.1) is 5.56 Å². The number of hydrazine groups is 1. The van der Waals surface area contributed by atoms with Crippen molar-refractivity contribution in [2.45, 2.75) is 40.0 Å². The molecule has 0 fully saturated rings. The molecule has 1 aromatic carbocycles. The third-order valence-corrected chi connectivity index (χ3v) is 3.42. The van der Waals surface area contributed by atoms with Crippen molar-refractivity contribution in [2.24, 2.45) is 5.84 Å². The fraction of sp³-hybridized carbons (Fsp3) is 0.375. The number of nitrogens with two attached hydrogens (primary N) is 1. The highest BCUT2D eigenvalue weighted by atomic mass is 16.5. The lowest BCUT2D eigenvalue weighted by Crippen LogP contribution is -2.12. The molecule has 1 heterocycles. The molecule has 0 spiro atoms. The molecular formula is C16H22N4O. The number of nitrogens with one attached hydrogen (secondary N) is 1. The highest BCUT2D eigenvalue weighted by molar-refractivity contribution is 5.49. The quantitative estimate of drug-likeness (QED) is 0.667. The van der Waals surface area contributed by atoms with E-state index in [4.69, 9.17) is 10.6 Å². The molecule has 5 nitrogen and oxygen atoms in total. The first-order valence-corrected chi connectivity index (χ1v) is 6.90. The SMILES string of the molecule is Cc1cc(C(C)(C)C)ccc1Oc1ncnc(NN)c1C. The molecule has 1 aromatic heterocycles. The summed E-state index contributed by atoms with van der Waals surface area (Å²) in [6, 6.07) is 6.21. The molecule has 2 rings (SSSR count). The van der Waals surface area contributed by atoms with Gasteiger partial charge in [0, 0.05) is 0 Å². The molecule has 0 amide bonds. The van der Waals surface area contributed by atoms with Gasteiger partial charge in [-0.25, -0.2) is 15.8 Å². The van der Waals surface area contributed by atoms with Crippen LogP contribution in [0.15, 0.2) is 24.5 Å². The van der Waals surface area contributed by atoms with E-state index in [1.165, 1.54) is 11.9 Å². The fourth-order valence-corrected chi connectivity index (χ4v) is 2.02. The topological polar surface area (TPSA) is 73.1 Å². The number of nitrogens with zero attached hydrogens (tertiary/aromatic N) is 2. The lowest BCUT2D eigenvalue weighted by Gasteiger charge is -2.20. The number of hydrogen-bond donors (Lipinski definition) is 2. The minimum Gasteiger partial charge on any atom is -0.438 e. The maximum absolute atomic E-state index is 5.90. The van der Waals surface area contributed by atoms with E-state index in [0.29, 0.717) is 11.7 Å². The maximum atomic E-state index is 5.90. The Hall–Kier alpha value is -2.14. The van der Waals surface area contributed by atoms with Crippen LogP contribution in [-0.2, 0) is 5.41 Å². The van der Waals surface area contributed by atoms with Crippen molar-refractivity contribution in [1.29, 1.82) is 0 Å². The van der Waals surface area contributed by atoms with Crippen LogP contribution in [0.4, 0.5) is 5.82 Å². The normalized spacial score (nSPS) is 11.3. The van der Waals surface area contributed by atoms with Gasteiger partial charge in [-0.15, -0.1) is 0 Å². The number of ether oxygens (including phenoxy) is 1. The molecule has 112 valence electrons. The van der Waals surface area contributed by atoms with Crippen LogP contribution in [0.2, 0.25) is 0 Å². The summed E-state index contributed by atoms with van der Waals surface area (Å²) in [5.74, 6) is 7.26. The second-order valence-corrected chi connectivity index (χ2v) is 6.13. The predicted octanol–water partition coefficient (Wildman–Crippen LogP) is 3.47. The molecule has 0 aliphatic rings. The second kappa shape index (κ2) is 5.69. The third kappa shape index (κ3) is 3.31. The van der Waals surface area contributed by atoms with E-state index >= 15 is 0 Å². The van der Waals surface area contributed by atoms with Crippen LogP contribution in [0, 0.1) is 13.8 Å². The molecule has 0 atom stereocenters. The van der Waals surface area contributed by atoms with E-state index in [-0.39, 0.29) is 5.41 Å². The van der Waals surface area contributed by atoms with Gasteiger partial charge < -0.3 is 10.2 Å². The number of nitrogen functional groups attached to an aromatic ring is 1. The van der Waals surface area contributed by atoms with E-state index in [9.17, 15) is 0 Å². The van der Waals surface area contributed by atoms with Gasteiger partial charge in [0.2, 0.25) is 5.88 Å². The van der Waals surface area contributed by atoms with Gasteiger partial charge in [0.15, 0.2) is 0 Å². The molecule has 0 saturated heterocycles. The van der Waals surface area contributed by atoms with Crippen LogP contribution in [-0.4, -0.2) is 9.97 Å². The summed E-state index contributed by atoms with van der Waals surface area (Å²) in [5, 5.41) is 0. The molecule has 0 unspecified atom stereocenters. The Morgan fingerprint density at radius 2 is 1.86 bits per heavy atom. The van der Waals surface area contributed by atoms with Crippen molar-refractivity contribution >= 4 is 5.82 Å². The molecule has 0 bridgehead atoms. The number of aromatic nitrogens is 2. The van der Waals surface area contributed by atoms with Crippen molar-refractivity contribution in [1.82, 2.24) is 9.97 Å². The predicted molar refractivity (Wildman–Crippen MR) is 84.5 cm³/mol. The monoisotopic (exact) mass is 286 g/mol. The molecule has 0 aliphatic heterocycles. The first-order chi connectivity index (χ1) is 9.82. The summed E-state index contributed by atoms with van der Waals surface area (Å²) in [5.41, 5.74) is 5.77. The highest BCUT2D eigenvalue weighted by Gasteiger charge is 2.16. The fourth-order valence-electron chi connectivity index (χ4n) is 2.02. The van der Waals surface area contributed by atoms with Crippen LogP contribution >= 0.6 is 0 Å². The highest BCUT2D eigenvalue weighted by Crippen LogP contribution is 2.31. The number of anilines is 1. The summed E-state index contributed by atoms with van der Waals surface area (Å²) >= 11 is 0. The van der Waals surface area contributed by atoms with Crippen LogP contribution in [0.3, 0.4) is 0 Å². The van der Waals surface area contributed by atoms with Crippen LogP contribution in [0.5, 0.6) is 11.6 Å². The van der Waals surface area contributed by atoms with E-state index in [0.717, 1.165) is 16.9 Å². The average molecular weight is 286 g/mol. The Morgan fingerprint density at radius 3 is 2.43 bits per heavy atom. The molecule has 0 radical (unpaired) electrons. The minimum absolute atomic E-state index is 0.116. The van der Waals surface area contributed by atoms with Gasteiger partial charge in [-0.3, -0.25) is 0 Å². The number of hydrogen-bond acceptors (Lipinski definition) is 5.